The normalized spacial score (nSPS) is 16.5. The van der Waals surface area contributed by atoms with Crippen LogP contribution in [0.25, 0.3) is 17.1 Å². The summed E-state index contributed by atoms with van der Waals surface area (Å²) in [6, 6.07) is 18.0. The van der Waals surface area contributed by atoms with Gasteiger partial charge >= 0.3 is 0 Å². The van der Waals surface area contributed by atoms with Crippen LogP contribution in [0, 0.1) is 0 Å². The lowest BCUT2D eigenvalue weighted by Gasteiger charge is -2.33. The molecule has 1 amide bonds. The van der Waals surface area contributed by atoms with Gasteiger partial charge in [-0.15, -0.1) is 10.2 Å². The highest BCUT2D eigenvalue weighted by molar-refractivity contribution is 7.99. The smallest absolute Gasteiger partial charge is 0.233 e. The van der Waals surface area contributed by atoms with Gasteiger partial charge in [0.05, 0.1) is 18.4 Å². The van der Waals surface area contributed by atoms with Crippen molar-refractivity contribution in [2.24, 2.45) is 0 Å². The van der Waals surface area contributed by atoms with Gasteiger partial charge < -0.3 is 9.64 Å². The van der Waals surface area contributed by atoms with Crippen molar-refractivity contribution in [1.29, 1.82) is 0 Å². The third kappa shape index (κ3) is 4.21. The molecule has 0 N–H and O–H groups in total. The minimum Gasteiger partial charge on any atom is -0.496 e. The van der Waals surface area contributed by atoms with E-state index in [1.807, 2.05) is 64.1 Å². The summed E-state index contributed by atoms with van der Waals surface area (Å²) in [5, 5.41) is 9.59. The molecule has 1 saturated heterocycles. The van der Waals surface area contributed by atoms with Crippen molar-refractivity contribution in [1.82, 2.24) is 19.7 Å². The number of nitrogens with zero attached hydrogens (tertiary/aromatic N) is 4. The van der Waals surface area contributed by atoms with E-state index in [0.717, 1.165) is 36.4 Å². The molecule has 0 spiro atoms. The van der Waals surface area contributed by atoms with Gasteiger partial charge in [-0.05, 0) is 50.5 Å². The second-order valence-electron chi connectivity index (χ2n) is 7.40. The zero-order chi connectivity index (χ0) is 20.9. The number of amides is 1. The van der Waals surface area contributed by atoms with Crippen LogP contribution in [0.5, 0.6) is 5.75 Å². The number of aromatic nitrogens is 3. The molecule has 0 bridgehead atoms. The van der Waals surface area contributed by atoms with Crippen LogP contribution in [0.4, 0.5) is 0 Å². The van der Waals surface area contributed by atoms with E-state index < -0.39 is 0 Å². The van der Waals surface area contributed by atoms with Crippen molar-refractivity contribution >= 4 is 17.7 Å². The maximum absolute atomic E-state index is 12.8. The summed E-state index contributed by atoms with van der Waals surface area (Å²) in [6.07, 6.45) is 3.36. The first-order valence-electron chi connectivity index (χ1n) is 10.3. The van der Waals surface area contributed by atoms with E-state index in [2.05, 4.69) is 17.1 Å². The molecule has 2 heterocycles. The molecule has 0 saturated carbocycles. The van der Waals surface area contributed by atoms with Gasteiger partial charge in [0.25, 0.3) is 0 Å². The standard InChI is InChI=1S/C23H26N4O2S/c1-17-10-8-9-15-26(17)21(28)16-30-23-25-24-22(19-13-6-7-14-20(19)29-2)27(23)18-11-4-3-5-12-18/h3-7,11-14,17H,8-10,15-16H2,1-2H3. The Hall–Kier alpha value is -2.80. The number of para-hydroxylation sites is 2. The largest absolute Gasteiger partial charge is 0.496 e. The van der Waals surface area contributed by atoms with Crippen LogP contribution in [-0.2, 0) is 4.79 Å². The quantitative estimate of drug-likeness (QED) is 0.550. The summed E-state index contributed by atoms with van der Waals surface area (Å²) in [5.74, 6) is 1.94. The lowest BCUT2D eigenvalue weighted by molar-refractivity contribution is -0.131. The van der Waals surface area contributed by atoms with Gasteiger partial charge in [-0.25, -0.2) is 0 Å². The Labute approximate surface area is 181 Å². The summed E-state index contributed by atoms with van der Waals surface area (Å²) in [4.78, 5) is 14.8. The van der Waals surface area contributed by atoms with Crippen molar-refractivity contribution in [2.75, 3.05) is 19.4 Å². The summed E-state index contributed by atoms with van der Waals surface area (Å²) in [6.45, 7) is 2.98. The van der Waals surface area contributed by atoms with Crippen molar-refractivity contribution in [3.63, 3.8) is 0 Å². The molecular weight excluding hydrogens is 396 g/mol. The lowest BCUT2D eigenvalue weighted by atomic mass is 10.0. The first-order chi connectivity index (χ1) is 14.7. The Morgan fingerprint density at radius 1 is 1.10 bits per heavy atom. The summed E-state index contributed by atoms with van der Waals surface area (Å²) in [5.41, 5.74) is 1.81. The van der Waals surface area contributed by atoms with Gasteiger partial charge in [-0.1, -0.05) is 42.1 Å². The molecule has 4 rings (SSSR count). The van der Waals surface area contributed by atoms with E-state index in [1.54, 1.807) is 7.11 Å². The van der Waals surface area contributed by atoms with Crippen LogP contribution >= 0.6 is 11.8 Å². The molecule has 1 aliphatic heterocycles. The summed E-state index contributed by atoms with van der Waals surface area (Å²) >= 11 is 1.43. The number of hydrogen-bond donors (Lipinski definition) is 0. The molecule has 3 aromatic rings. The first kappa shape index (κ1) is 20.5. The van der Waals surface area contributed by atoms with Gasteiger partial charge in [0.2, 0.25) is 5.91 Å². The number of hydrogen-bond acceptors (Lipinski definition) is 5. The fourth-order valence-corrected chi connectivity index (χ4v) is 4.69. The molecule has 1 unspecified atom stereocenters. The second-order valence-corrected chi connectivity index (χ2v) is 8.34. The van der Waals surface area contributed by atoms with Gasteiger partial charge in [0.15, 0.2) is 11.0 Å². The molecule has 1 aromatic heterocycles. The van der Waals surface area contributed by atoms with E-state index >= 15 is 0 Å². The topological polar surface area (TPSA) is 60.3 Å². The van der Waals surface area contributed by atoms with E-state index in [9.17, 15) is 4.79 Å². The average molecular weight is 423 g/mol. The maximum atomic E-state index is 12.8. The van der Waals surface area contributed by atoms with Crippen LogP contribution < -0.4 is 4.74 Å². The van der Waals surface area contributed by atoms with Crippen LogP contribution in [0.15, 0.2) is 59.8 Å². The van der Waals surface area contributed by atoms with Crippen molar-refractivity contribution in [3.8, 4) is 22.8 Å². The number of carbonyl (C=O) groups excluding carboxylic acids is 1. The number of rotatable bonds is 6. The third-order valence-corrected chi connectivity index (χ3v) is 6.36. The van der Waals surface area contributed by atoms with E-state index in [-0.39, 0.29) is 5.91 Å². The molecule has 1 fully saturated rings. The molecule has 1 atom stereocenters. The number of methoxy groups -OCH3 is 1. The highest BCUT2D eigenvalue weighted by Gasteiger charge is 2.25. The monoisotopic (exact) mass is 422 g/mol. The van der Waals surface area contributed by atoms with Crippen LogP contribution in [-0.4, -0.2) is 51.0 Å². The molecule has 6 nitrogen and oxygen atoms in total. The van der Waals surface area contributed by atoms with Crippen LogP contribution in [0.3, 0.4) is 0 Å². The number of thioether (sulfide) groups is 1. The molecule has 0 aliphatic carbocycles. The van der Waals surface area contributed by atoms with Gasteiger partial charge in [0, 0.05) is 18.3 Å². The Bertz CT molecular complexity index is 1010. The minimum absolute atomic E-state index is 0.161. The van der Waals surface area contributed by atoms with Crippen LogP contribution in [0.2, 0.25) is 0 Å². The molecule has 7 heteroatoms. The predicted molar refractivity (Wildman–Crippen MR) is 119 cm³/mol. The van der Waals surface area contributed by atoms with E-state index in [0.29, 0.717) is 22.8 Å². The predicted octanol–water partition coefficient (Wildman–Crippen LogP) is 4.44. The Balaban J connectivity index is 1.65. The Morgan fingerprint density at radius 3 is 2.63 bits per heavy atom. The first-order valence-corrected chi connectivity index (χ1v) is 11.2. The fourth-order valence-electron chi connectivity index (χ4n) is 3.85. The number of benzene rings is 2. The average Bonchev–Trinajstić information content (AvgIpc) is 3.22. The highest BCUT2D eigenvalue weighted by Crippen LogP contribution is 2.33. The summed E-state index contributed by atoms with van der Waals surface area (Å²) < 4.78 is 7.54. The minimum atomic E-state index is 0.161. The third-order valence-electron chi connectivity index (χ3n) is 5.44. The number of likely N-dealkylation sites (tertiary alicyclic amines) is 1. The molecule has 0 radical (unpaired) electrons. The number of piperidine rings is 1. The van der Waals surface area contributed by atoms with Crippen molar-refractivity contribution < 1.29 is 9.53 Å². The van der Waals surface area contributed by atoms with Crippen molar-refractivity contribution in [2.45, 2.75) is 37.4 Å². The zero-order valence-electron chi connectivity index (χ0n) is 17.3. The zero-order valence-corrected chi connectivity index (χ0v) is 18.1. The van der Waals surface area contributed by atoms with E-state index in [4.69, 9.17) is 4.74 Å². The van der Waals surface area contributed by atoms with Gasteiger partial charge in [-0.2, -0.15) is 0 Å². The maximum Gasteiger partial charge on any atom is 0.233 e. The fraction of sp³-hybridized carbons (Fsp3) is 0.348. The van der Waals surface area contributed by atoms with E-state index in [1.165, 1.54) is 18.2 Å². The lowest BCUT2D eigenvalue weighted by Crippen LogP contribution is -2.42. The number of ether oxygens (including phenoxy) is 1. The molecule has 30 heavy (non-hydrogen) atoms. The van der Waals surface area contributed by atoms with Gasteiger partial charge in [0.1, 0.15) is 5.75 Å². The Kier molecular flexibility index (Phi) is 6.38. The molecule has 2 aromatic carbocycles. The summed E-state index contributed by atoms with van der Waals surface area (Å²) in [7, 11) is 1.65. The Morgan fingerprint density at radius 2 is 1.87 bits per heavy atom. The second kappa shape index (κ2) is 9.34. The van der Waals surface area contributed by atoms with Crippen molar-refractivity contribution in [3.05, 3.63) is 54.6 Å². The number of carbonyl (C=O) groups is 1. The van der Waals surface area contributed by atoms with Gasteiger partial charge in [-0.3, -0.25) is 9.36 Å². The highest BCUT2D eigenvalue weighted by atomic mass is 32.2. The van der Waals surface area contributed by atoms with Crippen LogP contribution in [0.1, 0.15) is 26.2 Å². The molecule has 1 aliphatic rings. The molecular formula is C23H26N4O2S. The molecule has 156 valence electrons. The SMILES string of the molecule is COc1ccccc1-c1nnc(SCC(=O)N2CCCCC2C)n1-c1ccccc1.